The molecule has 1 rings (SSSR count). The Kier molecular flexibility index (Phi) is 3.20. The first-order valence-electron chi connectivity index (χ1n) is 3.93. The van der Waals surface area contributed by atoms with Gasteiger partial charge in [-0.1, -0.05) is 24.3 Å². The predicted octanol–water partition coefficient (Wildman–Crippen LogP) is 2.72. The lowest BCUT2D eigenvalue weighted by Crippen LogP contribution is -1.93. The lowest BCUT2D eigenvalue weighted by molar-refractivity contribution is -0.385. The molecule has 3 nitrogen and oxygen atoms in total. The third-order valence-corrected chi connectivity index (χ3v) is 1.64. The van der Waals surface area contributed by atoms with Crippen LogP contribution in [0.1, 0.15) is 12.0 Å². The average Bonchev–Trinajstić information content (AvgIpc) is 2.15. The van der Waals surface area contributed by atoms with Crippen molar-refractivity contribution in [1.82, 2.24) is 0 Å². The molecule has 1 radical (unpaired) electrons. The molecule has 67 valence electrons. The Bertz CT molecular complexity index is 320. The minimum absolute atomic E-state index is 0.143. The van der Waals surface area contributed by atoms with Crippen molar-refractivity contribution >= 4 is 5.69 Å². The highest BCUT2D eigenvalue weighted by Crippen LogP contribution is 2.20. The van der Waals surface area contributed by atoms with Crippen LogP contribution >= 0.6 is 0 Å². The minimum atomic E-state index is -0.380. The fourth-order valence-electron chi connectivity index (χ4n) is 1.04. The monoisotopic (exact) mass is 176 g/mol. The van der Waals surface area contributed by atoms with Gasteiger partial charge >= 0.3 is 0 Å². The lowest BCUT2D eigenvalue weighted by Gasteiger charge is -1.98. The second kappa shape index (κ2) is 4.40. The molecule has 0 unspecified atom stereocenters. The van der Waals surface area contributed by atoms with Crippen molar-refractivity contribution in [2.24, 2.45) is 0 Å². The fraction of sp³-hybridized carbons (Fsp3) is 0.100. The van der Waals surface area contributed by atoms with Crippen LogP contribution in [0, 0.1) is 16.5 Å². The van der Waals surface area contributed by atoms with Gasteiger partial charge in [0, 0.05) is 18.1 Å². The van der Waals surface area contributed by atoms with Gasteiger partial charge in [0.2, 0.25) is 0 Å². The first kappa shape index (κ1) is 9.45. The van der Waals surface area contributed by atoms with E-state index >= 15 is 0 Å². The summed E-state index contributed by atoms with van der Waals surface area (Å²) in [4.78, 5) is 10.2. The molecule has 13 heavy (non-hydrogen) atoms. The second-order valence-corrected chi connectivity index (χ2v) is 2.54. The summed E-state index contributed by atoms with van der Waals surface area (Å²) < 4.78 is 0. The van der Waals surface area contributed by atoms with Gasteiger partial charge in [0.15, 0.2) is 0 Å². The standard InChI is InChI=1S/C10H10NO2/c1-2-3-6-9-7-4-5-8-10(9)11(12)13/h2,4-8H,1,3H2. The zero-order valence-electron chi connectivity index (χ0n) is 7.14. The molecule has 0 aliphatic carbocycles. The SMILES string of the molecule is C=CC[CH]c1ccccc1[N+](=O)[O-]. The number of hydrogen-bond acceptors (Lipinski definition) is 2. The highest BCUT2D eigenvalue weighted by atomic mass is 16.6. The van der Waals surface area contributed by atoms with E-state index in [4.69, 9.17) is 0 Å². The summed E-state index contributed by atoms with van der Waals surface area (Å²) in [6.07, 6.45) is 4.13. The minimum Gasteiger partial charge on any atom is -0.258 e. The third kappa shape index (κ3) is 2.40. The van der Waals surface area contributed by atoms with Crippen molar-refractivity contribution in [2.45, 2.75) is 6.42 Å². The number of nitro groups is 1. The molecule has 0 fully saturated rings. The number of rotatable bonds is 4. The van der Waals surface area contributed by atoms with E-state index in [0.717, 1.165) is 0 Å². The Balaban J connectivity index is 2.90. The molecule has 0 aliphatic heterocycles. The van der Waals surface area contributed by atoms with Crippen LogP contribution in [0.5, 0.6) is 0 Å². The van der Waals surface area contributed by atoms with Crippen molar-refractivity contribution in [1.29, 1.82) is 0 Å². The maximum absolute atomic E-state index is 10.5. The lowest BCUT2D eigenvalue weighted by atomic mass is 10.1. The third-order valence-electron chi connectivity index (χ3n) is 1.64. The Morgan fingerprint density at radius 1 is 1.46 bits per heavy atom. The number of nitro benzene ring substituents is 1. The Morgan fingerprint density at radius 3 is 2.77 bits per heavy atom. The molecule has 3 heteroatoms. The molecule has 0 bridgehead atoms. The first-order valence-corrected chi connectivity index (χ1v) is 3.93. The smallest absolute Gasteiger partial charge is 0.258 e. The maximum atomic E-state index is 10.5. The van der Waals surface area contributed by atoms with Gasteiger partial charge in [-0.05, 0) is 6.42 Å². The zero-order chi connectivity index (χ0) is 9.68. The summed E-state index contributed by atoms with van der Waals surface area (Å²) in [6.45, 7) is 3.55. The van der Waals surface area contributed by atoms with Crippen LogP contribution in [-0.2, 0) is 0 Å². The highest BCUT2D eigenvalue weighted by molar-refractivity contribution is 5.44. The average molecular weight is 176 g/mol. The van der Waals surface area contributed by atoms with E-state index < -0.39 is 0 Å². The van der Waals surface area contributed by atoms with Crippen molar-refractivity contribution < 1.29 is 4.92 Å². The molecule has 1 aromatic rings. The molecule has 0 spiro atoms. The molecular formula is C10H10NO2. The summed E-state index contributed by atoms with van der Waals surface area (Å²) >= 11 is 0. The fourth-order valence-corrected chi connectivity index (χ4v) is 1.04. The largest absolute Gasteiger partial charge is 0.272 e. The van der Waals surface area contributed by atoms with E-state index in [1.165, 1.54) is 6.07 Å². The Hall–Kier alpha value is -1.64. The van der Waals surface area contributed by atoms with Crippen LogP contribution in [0.2, 0.25) is 0 Å². The zero-order valence-corrected chi connectivity index (χ0v) is 7.14. The van der Waals surface area contributed by atoms with Gasteiger partial charge in [-0.3, -0.25) is 10.1 Å². The Labute approximate surface area is 76.9 Å². The molecule has 1 aromatic carbocycles. The molecule has 0 aromatic heterocycles. The molecule has 0 atom stereocenters. The first-order chi connectivity index (χ1) is 6.25. The number of allylic oxidation sites excluding steroid dienone is 1. The van der Waals surface area contributed by atoms with E-state index in [-0.39, 0.29) is 10.6 Å². The van der Waals surface area contributed by atoms with Crippen molar-refractivity contribution in [2.75, 3.05) is 0 Å². The summed E-state index contributed by atoms with van der Waals surface area (Å²) in [5, 5.41) is 10.5. The summed E-state index contributed by atoms with van der Waals surface area (Å²) in [7, 11) is 0. The molecule has 0 amide bonds. The normalized spacial score (nSPS) is 9.54. The van der Waals surface area contributed by atoms with Crippen molar-refractivity contribution in [3.63, 3.8) is 0 Å². The molecule has 0 saturated carbocycles. The Morgan fingerprint density at radius 2 is 2.15 bits per heavy atom. The van der Waals surface area contributed by atoms with E-state index in [0.29, 0.717) is 12.0 Å². The van der Waals surface area contributed by atoms with E-state index in [1.807, 2.05) is 0 Å². The maximum Gasteiger partial charge on any atom is 0.272 e. The summed E-state index contributed by atoms with van der Waals surface area (Å²) in [5.74, 6) is 0. The van der Waals surface area contributed by atoms with E-state index in [2.05, 4.69) is 6.58 Å². The van der Waals surface area contributed by atoms with Gasteiger partial charge in [-0.25, -0.2) is 0 Å². The van der Waals surface area contributed by atoms with E-state index in [1.54, 1.807) is 30.7 Å². The molecule has 0 heterocycles. The van der Waals surface area contributed by atoms with Gasteiger partial charge < -0.3 is 0 Å². The molecule has 0 saturated heterocycles. The highest BCUT2D eigenvalue weighted by Gasteiger charge is 2.10. The molecule has 0 N–H and O–H groups in total. The quantitative estimate of drug-likeness (QED) is 0.402. The van der Waals surface area contributed by atoms with Crippen LogP contribution in [0.3, 0.4) is 0 Å². The molecule has 0 aliphatic rings. The number of benzene rings is 1. The topological polar surface area (TPSA) is 43.1 Å². The molecular weight excluding hydrogens is 166 g/mol. The number of nitrogens with zero attached hydrogens (tertiary/aromatic N) is 1. The van der Waals surface area contributed by atoms with Gasteiger partial charge in [0.05, 0.1) is 4.92 Å². The van der Waals surface area contributed by atoms with Gasteiger partial charge in [0.25, 0.3) is 5.69 Å². The van der Waals surface area contributed by atoms with Crippen LogP contribution in [-0.4, -0.2) is 4.92 Å². The van der Waals surface area contributed by atoms with Crippen LogP contribution < -0.4 is 0 Å². The van der Waals surface area contributed by atoms with Crippen LogP contribution in [0.4, 0.5) is 5.69 Å². The summed E-state index contributed by atoms with van der Waals surface area (Å²) in [5.41, 5.74) is 0.789. The van der Waals surface area contributed by atoms with Gasteiger partial charge in [-0.15, -0.1) is 6.58 Å². The number of hydrogen-bond donors (Lipinski definition) is 0. The van der Waals surface area contributed by atoms with Gasteiger partial charge in [0.1, 0.15) is 0 Å². The van der Waals surface area contributed by atoms with E-state index in [9.17, 15) is 10.1 Å². The van der Waals surface area contributed by atoms with Gasteiger partial charge in [-0.2, -0.15) is 0 Å². The van der Waals surface area contributed by atoms with Crippen molar-refractivity contribution in [3.05, 3.63) is 59.0 Å². The van der Waals surface area contributed by atoms with Crippen LogP contribution in [0.25, 0.3) is 0 Å². The second-order valence-electron chi connectivity index (χ2n) is 2.54. The van der Waals surface area contributed by atoms with Crippen LogP contribution in [0.15, 0.2) is 36.9 Å². The number of para-hydroxylation sites is 1. The van der Waals surface area contributed by atoms with Crippen molar-refractivity contribution in [3.8, 4) is 0 Å². The predicted molar refractivity (Wildman–Crippen MR) is 51.3 cm³/mol. The summed E-state index contributed by atoms with van der Waals surface area (Å²) in [6, 6.07) is 6.65.